The highest BCUT2D eigenvalue weighted by molar-refractivity contribution is 4.91. The molecule has 1 heterocycles. The van der Waals surface area contributed by atoms with Crippen molar-refractivity contribution in [2.75, 3.05) is 19.8 Å². The van der Waals surface area contributed by atoms with Crippen LogP contribution in [0.2, 0.25) is 0 Å². The van der Waals surface area contributed by atoms with E-state index in [-0.39, 0.29) is 0 Å². The lowest BCUT2D eigenvalue weighted by molar-refractivity contribution is 0.0507. The summed E-state index contributed by atoms with van der Waals surface area (Å²) in [4.78, 5) is 0. The van der Waals surface area contributed by atoms with Crippen LogP contribution in [0.3, 0.4) is 0 Å². The third-order valence-electron chi connectivity index (χ3n) is 3.53. The van der Waals surface area contributed by atoms with Crippen molar-refractivity contribution in [1.82, 2.24) is 5.32 Å². The van der Waals surface area contributed by atoms with Crippen molar-refractivity contribution in [3.63, 3.8) is 0 Å². The number of nitrogens with one attached hydrogen (secondary N) is 1. The Labute approximate surface area is 87.4 Å². The van der Waals surface area contributed by atoms with Crippen LogP contribution in [0, 0.1) is 11.8 Å². The fraction of sp³-hybridized carbons (Fsp3) is 1.00. The molecule has 0 bridgehead atoms. The Balaban J connectivity index is 1.81. The monoisotopic (exact) mass is 197 g/mol. The molecular weight excluding hydrogens is 174 g/mol. The van der Waals surface area contributed by atoms with Gasteiger partial charge in [-0.25, -0.2) is 0 Å². The molecule has 1 saturated carbocycles. The minimum atomic E-state index is 0.804. The quantitative estimate of drug-likeness (QED) is 0.729. The van der Waals surface area contributed by atoms with E-state index in [0.717, 1.165) is 31.1 Å². The summed E-state index contributed by atoms with van der Waals surface area (Å²) in [5.74, 6) is 1.88. The summed E-state index contributed by atoms with van der Waals surface area (Å²) in [5.41, 5.74) is 0. The summed E-state index contributed by atoms with van der Waals surface area (Å²) in [7, 11) is 0. The van der Waals surface area contributed by atoms with Crippen LogP contribution in [0.25, 0.3) is 0 Å². The lowest BCUT2D eigenvalue weighted by atomic mass is 9.88. The van der Waals surface area contributed by atoms with Crippen molar-refractivity contribution >= 4 is 0 Å². The number of hydrogen-bond acceptors (Lipinski definition) is 2. The lowest BCUT2D eigenvalue weighted by Gasteiger charge is -2.31. The molecule has 1 aliphatic carbocycles. The maximum absolute atomic E-state index is 5.43. The Bertz CT molecular complexity index is 162. The first kappa shape index (κ1) is 10.4. The van der Waals surface area contributed by atoms with E-state index in [1.165, 1.54) is 38.6 Å². The summed E-state index contributed by atoms with van der Waals surface area (Å²) in [6, 6.07) is 0.804. The number of hydrogen-bond donors (Lipinski definition) is 1. The summed E-state index contributed by atoms with van der Waals surface area (Å²) < 4.78 is 5.43. The first-order chi connectivity index (χ1) is 6.92. The molecule has 0 aromatic heterocycles. The van der Waals surface area contributed by atoms with Crippen LogP contribution in [0.1, 0.15) is 39.0 Å². The topological polar surface area (TPSA) is 21.3 Å². The number of rotatable bonds is 5. The predicted octanol–water partition coefficient (Wildman–Crippen LogP) is 2.19. The maximum atomic E-state index is 5.43. The molecule has 2 heteroatoms. The Morgan fingerprint density at radius 1 is 1.14 bits per heavy atom. The van der Waals surface area contributed by atoms with Gasteiger partial charge in [-0.3, -0.25) is 0 Å². The van der Waals surface area contributed by atoms with Crippen LogP contribution in [-0.2, 0) is 4.74 Å². The third kappa shape index (κ3) is 2.71. The van der Waals surface area contributed by atoms with E-state index in [2.05, 4.69) is 12.2 Å². The molecule has 0 aromatic rings. The molecule has 1 aliphatic heterocycles. The van der Waals surface area contributed by atoms with Gasteiger partial charge in [-0.1, -0.05) is 6.92 Å². The highest BCUT2D eigenvalue weighted by atomic mass is 16.5. The maximum Gasteiger partial charge on any atom is 0.0469 e. The average Bonchev–Trinajstić information content (AvgIpc) is 3.04. The third-order valence-corrected chi connectivity index (χ3v) is 3.53. The van der Waals surface area contributed by atoms with E-state index in [0.29, 0.717) is 0 Å². The fourth-order valence-corrected chi connectivity index (χ4v) is 2.56. The zero-order chi connectivity index (χ0) is 9.80. The number of ether oxygens (including phenoxy) is 1. The van der Waals surface area contributed by atoms with Gasteiger partial charge in [0.2, 0.25) is 0 Å². The molecular formula is C12H23NO. The summed E-state index contributed by atoms with van der Waals surface area (Å²) in [6.45, 7) is 5.42. The first-order valence-corrected chi connectivity index (χ1v) is 6.23. The fourth-order valence-electron chi connectivity index (χ4n) is 2.56. The van der Waals surface area contributed by atoms with Crippen LogP contribution in [0.15, 0.2) is 0 Å². The predicted molar refractivity (Wildman–Crippen MR) is 58.3 cm³/mol. The van der Waals surface area contributed by atoms with Gasteiger partial charge >= 0.3 is 0 Å². The Morgan fingerprint density at radius 3 is 2.36 bits per heavy atom. The van der Waals surface area contributed by atoms with Gasteiger partial charge in [0.15, 0.2) is 0 Å². The first-order valence-electron chi connectivity index (χ1n) is 6.23. The van der Waals surface area contributed by atoms with Crippen LogP contribution in [0.5, 0.6) is 0 Å². The van der Waals surface area contributed by atoms with Crippen LogP contribution >= 0.6 is 0 Å². The summed E-state index contributed by atoms with van der Waals surface area (Å²) >= 11 is 0. The average molecular weight is 197 g/mol. The molecule has 0 aromatic carbocycles. The van der Waals surface area contributed by atoms with E-state index >= 15 is 0 Å². The van der Waals surface area contributed by atoms with E-state index in [9.17, 15) is 0 Å². The molecule has 1 unspecified atom stereocenters. The molecule has 1 N–H and O–H groups in total. The van der Waals surface area contributed by atoms with Crippen molar-refractivity contribution in [2.45, 2.75) is 45.1 Å². The van der Waals surface area contributed by atoms with Gasteiger partial charge in [0.1, 0.15) is 0 Å². The van der Waals surface area contributed by atoms with E-state index in [1.54, 1.807) is 0 Å². The second-order valence-corrected chi connectivity index (χ2v) is 4.77. The van der Waals surface area contributed by atoms with E-state index in [4.69, 9.17) is 4.74 Å². The lowest BCUT2D eigenvalue weighted by Crippen LogP contribution is -2.41. The smallest absolute Gasteiger partial charge is 0.0469 e. The zero-order valence-corrected chi connectivity index (χ0v) is 9.30. The molecule has 82 valence electrons. The molecule has 0 radical (unpaired) electrons. The van der Waals surface area contributed by atoms with Crippen LogP contribution in [0.4, 0.5) is 0 Å². The van der Waals surface area contributed by atoms with Gasteiger partial charge in [0.05, 0.1) is 0 Å². The summed E-state index contributed by atoms with van der Waals surface area (Å²) in [5, 5.41) is 3.75. The van der Waals surface area contributed by atoms with Crippen molar-refractivity contribution in [2.24, 2.45) is 11.8 Å². The van der Waals surface area contributed by atoms with Crippen LogP contribution < -0.4 is 5.32 Å². The minimum absolute atomic E-state index is 0.804. The molecule has 2 aliphatic rings. The van der Waals surface area contributed by atoms with Crippen molar-refractivity contribution < 1.29 is 4.74 Å². The van der Waals surface area contributed by atoms with E-state index < -0.39 is 0 Å². The van der Waals surface area contributed by atoms with Crippen molar-refractivity contribution in [3.05, 3.63) is 0 Å². The molecule has 2 rings (SSSR count). The normalized spacial score (nSPS) is 26.4. The second-order valence-electron chi connectivity index (χ2n) is 4.77. The van der Waals surface area contributed by atoms with Crippen molar-refractivity contribution in [3.8, 4) is 0 Å². The molecule has 0 spiro atoms. The molecule has 1 saturated heterocycles. The van der Waals surface area contributed by atoms with Crippen LogP contribution in [-0.4, -0.2) is 25.8 Å². The molecule has 2 fully saturated rings. The molecule has 0 amide bonds. The second kappa shape index (κ2) is 5.13. The van der Waals surface area contributed by atoms with Gasteiger partial charge in [0, 0.05) is 19.3 Å². The molecule has 1 atom stereocenters. The van der Waals surface area contributed by atoms with Gasteiger partial charge < -0.3 is 10.1 Å². The Hall–Kier alpha value is -0.0800. The minimum Gasteiger partial charge on any atom is -0.381 e. The molecule has 2 nitrogen and oxygen atoms in total. The van der Waals surface area contributed by atoms with Gasteiger partial charge in [0.25, 0.3) is 0 Å². The largest absolute Gasteiger partial charge is 0.381 e. The van der Waals surface area contributed by atoms with Crippen molar-refractivity contribution in [1.29, 1.82) is 0 Å². The van der Waals surface area contributed by atoms with Gasteiger partial charge in [-0.05, 0) is 50.5 Å². The zero-order valence-electron chi connectivity index (χ0n) is 9.30. The summed E-state index contributed by atoms with van der Waals surface area (Å²) in [6.07, 6.45) is 6.72. The van der Waals surface area contributed by atoms with Gasteiger partial charge in [-0.2, -0.15) is 0 Å². The van der Waals surface area contributed by atoms with E-state index in [1.807, 2.05) is 0 Å². The molecule has 14 heavy (non-hydrogen) atoms. The SMILES string of the molecule is CCCNC(C1CCOCC1)C1CC1. The highest BCUT2D eigenvalue weighted by Gasteiger charge is 2.36. The Kier molecular flexibility index (Phi) is 3.82. The standard InChI is InChI=1S/C12H23NO/c1-2-7-13-12(10-3-4-10)11-5-8-14-9-6-11/h10-13H,2-9H2,1H3. The van der Waals surface area contributed by atoms with Gasteiger partial charge in [-0.15, -0.1) is 0 Å². The highest BCUT2D eigenvalue weighted by Crippen LogP contribution is 2.38. The Morgan fingerprint density at radius 2 is 1.79 bits per heavy atom.